The molecule has 140 valence electrons. The van der Waals surface area contributed by atoms with Gasteiger partial charge in [-0.25, -0.2) is 9.67 Å². The number of amides is 1. The van der Waals surface area contributed by atoms with Crippen LogP contribution in [0.4, 0.5) is 5.69 Å². The van der Waals surface area contributed by atoms with Crippen LogP contribution in [0.3, 0.4) is 0 Å². The average molecular weight is 394 g/mol. The zero-order valence-corrected chi connectivity index (χ0v) is 15.7. The Bertz CT molecular complexity index is 1210. The second-order valence-corrected chi connectivity index (χ2v) is 6.80. The van der Waals surface area contributed by atoms with Crippen LogP contribution in [0.5, 0.6) is 0 Å². The number of rotatable bonds is 4. The number of aromatic nitrogens is 4. The highest BCUT2D eigenvalue weighted by molar-refractivity contribution is 6.30. The van der Waals surface area contributed by atoms with E-state index in [-0.39, 0.29) is 18.0 Å². The Morgan fingerprint density at radius 2 is 1.82 bits per heavy atom. The van der Waals surface area contributed by atoms with Gasteiger partial charge in [-0.1, -0.05) is 29.3 Å². The Kier molecular flexibility index (Phi) is 4.67. The molecule has 0 fully saturated rings. The third-order valence-electron chi connectivity index (χ3n) is 4.27. The molecule has 0 bridgehead atoms. The van der Waals surface area contributed by atoms with Crippen LogP contribution in [0.2, 0.25) is 5.02 Å². The molecule has 0 aliphatic rings. The van der Waals surface area contributed by atoms with E-state index in [0.29, 0.717) is 21.7 Å². The third kappa shape index (κ3) is 3.52. The molecule has 1 N–H and O–H groups in total. The summed E-state index contributed by atoms with van der Waals surface area (Å²) in [5, 5.41) is 7.93. The van der Waals surface area contributed by atoms with E-state index in [1.54, 1.807) is 28.9 Å². The van der Waals surface area contributed by atoms with Crippen LogP contribution in [0, 0.1) is 6.92 Å². The summed E-state index contributed by atoms with van der Waals surface area (Å²) in [4.78, 5) is 29.3. The highest BCUT2D eigenvalue weighted by Gasteiger charge is 2.13. The highest BCUT2D eigenvalue weighted by Crippen LogP contribution is 2.15. The Labute approximate surface area is 165 Å². The molecule has 0 unspecified atom stereocenters. The molecule has 4 rings (SSSR count). The van der Waals surface area contributed by atoms with Crippen molar-refractivity contribution in [2.75, 3.05) is 5.32 Å². The molecule has 0 saturated carbocycles. The first-order valence-electron chi connectivity index (χ1n) is 8.57. The fourth-order valence-corrected chi connectivity index (χ4v) is 2.95. The third-order valence-corrected chi connectivity index (χ3v) is 4.53. The van der Waals surface area contributed by atoms with Gasteiger partial charge in [-0.2, -0.15) is 5.10 Å². The monoisotopic (exact) mass is 393 g/mol. The van der Waals surface area contributed by atoms with Crippen molar-refractivity contribution in [1.82, 2.24) is 19.3 Å². The Morgan fingerprint density at radius 1 is 1.11 bits per heavy atom. The molecule has 0 aliphatic heterocycles. The number of halogens is 1. The molecule has 0 atom stereocenters. The van der Waals surface area contributed by atoms with Crippen molar-refractivity contribution in [1.29, 1.82) is 0 Å². The van der Waals surface area contributed by atoms with Crippen molar-refractivity contribution in [3.05, 3.63) is 82.0 Å². The molecule has 0 saturated heterocycles. The molecule has 4 aromatic rings. The molecule has 0 aliphatic carbocycles. The predicted octanol–water partition coefficient (Wildman–Crippen LogP) is 3.18. The van der Waals surface area contributed by atoms with Crippen LogP contribution in [0.25, 0.3) is 16.7 Å². The summed E-state index contributed by atoms with van der Waals surface area (Å²) in [5.41, 5.74) is 2.66. The lowest BCUT2D eigenvalue weighted by molar-refractivity contribution is -0.116. The van der Waals surface area contributed by atoms with Gasteiger partial charge >= 0.3 is 0 Å². The SMILES string of the molecule is Cc1ccc(-n2ncc3c(=O)n(CC(=O)Nc4ccc(Cl)cc4)cnc32)cc1. The van der Waals surface area contributed by atoms with Gasteiger partial charge in [0.25, 0.3) is 5.56 Å². The molecule has 8 heteroatoms. The zero-order chi connectivity index (χ0) is 19.7. The number of carbonyl (C=O) groups is 1. The highest BCUT2D eigenvalue weighted by atomic mass is 35.5. The van der Waals surface area contributed by atoms with Crippen molar-refractivity contribution in [2.45, 2.75) is 13.5 Å². The molecule has 1 amide bonds. The fraction of sp³-hybridized carbons (Fsp3) is 0.100. The topological polar surface area (TPSA) is 81.8 Å². The number of hydrogen-bond donors (Lipinski definition) is 1. The van der Waals surface area contributed by atoms with Crippen molar-refractivity contribution < 1.29 is 4.79 Å². The van der Waals surface area contributed by atoms with Crippen LogP contribution in [0.15, 0.2) is 65.8 Å². The lowest BCUT2D eigenvalue weighted by Gasteiger charge is -2.08. The summed E-state index contributed by atoms with van der Waals surface area (Å²) >= 11 is 5.83. The maximum Gasteiger partial charge on any atom is 0.264 e. The molecular formula is C20H16ClN5O2. The Hall–Kier alpha value is -3.45. The van der Waals surface area contributed by atoms with Gasteiger partial charge in [0.1, 0.15) is 18.3 Å². The van der Waals surface area contributed by atoms with E-state index in [1.807, 2.05) is 31.2 Å². The number of nitrogens with one attached hydrogen (secondary N) is 1. The molecule has 2 aromatic carbocycles. The van der Waals surface area contributed by atoms with Gasteiger partial charge in [-0.3, -0.25) is 14.2 Å². The fourth-order valence-electron chi connectivity index (χ4n) is 2.82. The van der Waals surface area contributed by atoms with Crippen LogP contribution < -0.4 is 10.9 Å². The predicted molar refractivity (Wildman–Crippen MR) is 108 cm³/mol. The minimum Gasteiger partial charge on any atom is -0.325 e. The Morgan fingerprint density at radius 3 is 2.54 bits per heavy atom. The van der Waals surface area contributed by atoms with E-state index in [9.17, 15) is 9.59 Å². The average Bonchev–Trinajstić information content (AvgIpc) is 3.11. The Balaban J connectivity index is 1.60. The zero-order valence-electron chi connectivity index (χ0n) is 15.0. The molecule has 28 heavy (non-hydrogen) atoms. The van der Waals surface area contributed by atoms with E-state index >= 15 is 0 Å². The molecule has 2 aromatic heterocycles. The van der Waals surface area contributed by atoms with Crippen LogP contribution >= 0.6 is 11.6 Å². The number of nitrogens with zero attached hydrogens (tertiary/aromatic N) is 4. The number of anilines is 1. The first-order chi connectivity index (χ1) is 13.5. The van der Waals surface area contributed by atoms with E-state index < -0.39 is 0 Å². The molecular weight excluding hydrogens is 378 g/mol. The van der Waals surface area contributed by atoms with Crippen LogP contribution in [-0.2, 0) is 11.3 Å². The maximum atomic E-state index is 12.7. The van der Waals surface area contributed by atoms with E-state index in [0.717, 1.165) is 11.3 Å². The van der Waals surface area contributed by atoms with Gasteiger partial charge in [0.05, 0.1) is 11.9 Å². The lowest BCUT2D eigenvalue weighted by Crippen LogP contribution is -2.27. The van der Waals surface area contributed by atoms with Crippen molar-refractivity contribution in [3.63, 3.8) is 0 Å². The number of hydrogen-bond acceptors (Lipinski definition) is 4. The summed E-state index contributed by atoms with van der Waals surface area (Å²) < 4.78 is 2.86. The molecule has 0 radical (unpaired) electrons. The van der Waals surface area contributed by atoms with Gasteiger partial charge in [0.15, 0.2) is 5.65 Å². The first kappa shape index (κ1) is 17.9. The standard InChI is InChI=1S/C20H16ClN5O2/c1-13-2-8-16(9-3-13)26-19-17(10-23-26)20(28)25(12-22-19)11-18(27)24-15-6-4-14(21)5-7-15/h2-10,12H,11H2,1H3,(H,24,27). The van der Waals surface area contributed by atoms with Gasteiger partial charge in [-0.15, -0.1) is 0 Å². The minimum absolute atomic E-state index is 0.153. The summed E-state index contributed by atoms with van der Waals surface area (Å²) in [6.45, 7) is 1.84. The van der Waals surface area contributed by atoms with E-state index in [4.69, 9.17) is 11.6 Å². The summed E-state index contributed by atoms with van der Waals surface area (Å²) in [6, 6.07) is 14.5. The smallest absolute Gasteiger partial charge is 0.264 e. The lowest BCUT2D eigenvalue weighted by atomic mass is 10.2. The van der Waals surface area contributed by atoms with Crippen LogP contribution in [0.1, 0.15) is 5.56 Å². The van der Waals surface area contributed by atoms with Crippen LogP contribution in [-0.4, -0.2) is 25.2 Å². The molecule has 2 heterocycles. The van der Waals surface area contributed by atoms with Gasteiger partial charge < -0.3 is 5.32 Å². The number of benzene rings is 2. The second-order valence-electron chi connectivity index (χ2n) is 6.36. The van der Waals surface area contributed by atoms with Gasteiger partial charge in [0, 0.05) is 10.7 Å². The first-order valence-corrected chi connectivity index (χ1v) is 8.95. The largest absolute Gasteiger partial charge is 0.325 e. The number of fused-ring (bicyclic) bond motifs is 1. The summed E-state index contributed by atoms with van der Waals surface area (Å²) in [6.07, 6.45) is 2.83. The van der Waals surface area contributed by atoms with E-state index in [1.165, 1.54) is 17.1 Å². The van der Waals surface area contributed by atoms with Gasteiger partial charge in [0.2, 0.25) is 5.91 Å². The quantitative estimate of drug-likeness (QED) is 0.577. The van der Waals surface area contributed by atoms with E-state index in [2.05, 4.69) is 15.4 Å². The summed E-state index contributed by atoms with van der Waals surface area (Å²) in [5.74, 6) is -0.337. The maximum absolute atomic E-state index is 12.7. The van der Waals surface area contributed by atoms with Crippen molar-refractivity contribution >= 4 is 34.2 Å². The van der Waals surface area contributed by atoms with Gasteiger partial charge in [-0.05, 0) is 43.3 Å². The number of carbonyl (C=O) groups excluding carboxylic acids is 1. The molecule has 0 spiro atoms. The minimum atomic E-state index is -0.337. The normalized spacial score (nSPS) is 10.9. The summed E-state index contributed by atoms with van der Waals surface area (Å²) in [7, 11) is 0. The molecule has 7 nitrogen and oxygen atoms in total. The van der Waals surface area contributed by atoms with Crippen molar-refractivity contribution in [2.24, 2.45) is 0 Å². The second kappa shape index (κ2) is 7.28. The van der Waals surface area contributed by atoms with Crippen molar-refractivity contribution in [3.8, 4) is 5.69 Å². The number of aryl methyl sites for hydroxylation is 1.